The molecule has 118 valence electrons. The van der Waals surface area contributed by atoms with E-state index in [1.165, 1.54) is 77.2 Å². The molecular weight excluding hydrogens is 244 g/mol. The third-order valence-electron chi connectivity index (χ3n) is 5.42. The van der Waals surface area contributed by atoms with Crippen molar-refractivity contribution >= 4 is 0 Å². The molecule has 2 nitrogen and oxygen atoms in total. The van der Waals surface area contributed by atoms with Crippen LogP contribution in [0.15, 0.2) is 0 Å². The summed E-state index contributed by atoms with van der Waals surface area (Å²) in [6.07, 6.45) is 15.5. The summed E-state index contributed by atoms with van der Waals surface area (Å²) < 4.78 is 0. The molecule has 4 unspecified atom stereocenters. The molecule has 0 amide bonds. The predicted octanol–water partition coefficient (Wildman–Crippen LogP) is 4.25. The van der Waals surface area contributed by atoms with E-state index in [0.717, 1.165) is 18.0 Å². The lowest BCUT2D eigenvalue weighted by atomic mass is 9.79. The van der Waals surface area contributed by atoms with Crippen molar-refractivity contribution in [3.05, 3.63) is 0 Å². The summed E-state index contributed by atoms with van der Waals surface area (Å²) in [5, 5.41) is 7.73. The molecule has 0 bridgehead atoms. The second-order valence-corrected chi connectivity index (χ2v) is 7.17. The monoisotopic (exact) mass is 280 g/mol. The molecule has 1 aliphatic carbocycles. The van der Waals surface area contributed by atoms with Crippen LogP contribution in [0, 0.1) is 5.92 Å². The maximum absolute atomic E-state index is 3.98. The van der Waals surface area contributed by atoms with Gasteiger partial charge in [-0.3, -0.25) is 0 Å². The Morgan fingerprint density at radius 3 is 2.65 bits per heavy atom. The summed E-state index contributed by atoms with van der Waals surface area (Å²) in [5.74, 6) is 0.893. The van der Waals surface area contributed by atoms with E-state index in [0.29, 0.717) is 6.04 Å². The Balaban J connectivity index is 1.73. The highest BCUT2D eigenvalue weighted by atomic mass is 15.0. The Bertz CT molecular complexity index is 248. The van der Waals surface area contributed by atoms with Crippen molar-refractivity contribution in [2.45, 2.75) is 103 Å². The maximum Gasteiger partial charge on any atom is 0.0113 e. The van der Waals surface area contributed by atoms with Crippen LogP contribution in [0.25, 0.3) is 0 Å². The van der Waals surface area contributed by atoms with E-state index in [9.17, 15) is 0 Å². The number of unbranched alkanes of at least 4 members (excludes halogenated alkanes) is 3. The van der Waals surface area contributed by atoms with Gasteiger partial charge in [-0.05, 0) is 51.5 Å². The van der Waals surface area contributed by atoms with Crippen molar-refractivity contribution in [1.82, 2.24) is 10.6 Å². The number of hydrogen-bond acceptors (Lipinski definition) is 2. The van der Waals surface area contributed by atoms with Crippen LogP contribution in [-0.2, 0) is 0 Å². The summed E-state index contributed by atoms with van der Waals surface area (Å²) in [6, 6.07) is 2.29. The smallest absolute Gasteiger partial charge is 0.0113 e. The van der Waals surface area contributed by atoms with Crippen molar-refractivity contribution in [3.8, 4) is 0 Å². The average Bonchev–Trinajstić information content (AvgIpc) is 2.98. The quantitative estimate of drug-likeness (QED) is 0.650. The van der Waals surface area contributed by atoms with Gasteiger partial charge in [0, 0.05) is 18.1 Å². The van der Waals surface area contributed by atoms with Gasteiger partial charge < -0.3 is 10.6 Å². The lowest BCUT2D eigenvalue weighted by molar-refractivity contribution is 0.200. The first-order chi connectivity index (χ1) is 9.81. The van der Waals surface area contributed by atoms with E-state index in [1.807, 2.05) is 0 Å². The van der Waals surface area contributed by atoms with E-state index < -0.39 is 0 Å². The topological polar surface area (TPSA) is 24.1 Å². The summed E-state index contributed by atoms with van der Waals surface area (Å²) in [7, 11) is 0. The molecule has 2 fully saturated rings. The first-order valence-electron chi connectivity index (χ1n) is 9.30. The number of hydrogen-bond donors (Lipinski definition) is 2. The van der Waals surface area contributed by atoms with Gasteiger partial charge in [0.15, 0.2) is 0 Å². The van der Waals surface area contributed by atoms with Gasteiger partial charge >= 0.3 is 0 Å². The van der Waals surface area contributed by atoms with Crippen LogP contribution in [0.3, 0.4) is 0 Å². The van der Waals surface area contributed by atoms with Crippen molar-refractivity contribution in [3.63, 3.8) is 0 Å². The molecule has 0 aromatic rings. The van der Waals surface area contributed by atoms with Gasteiger partial charge in [-0.25, -0.2) is 0 Å². The standard InChI is InChI=1S/C18H36N2/c1-3-4-5-6-10-15(2)20-18-12-8-7-11-16(18)17-13-9-14-19-17/h15-20H,3-14H2,1-2H3. The minimum atomic E-state index is 0.707. The first-order valence-corrected chi connectivity index (χ1v) is 9.30. The van der Waals surface area contributed by atoms with Gasteiger partial charge in [0.2, 0.25) is 0 Å². The largest absolute Gasteiger partial charge is 0.314 e. The maximum atomic E-state index is 3.98. The first kappa shape index (κ1) is 16.3. The Kier molecular flexibility index (Phi) is 7.37. The molecule has 0 aromatic carbocycles. The molecule has 2 N–H and O–H groups in total. The van der Waals surface area contributed by atoms with Crippen molar-refractivity contribution in [2.24, 2.45) is 5.92 Å². The molecule has 0 spiro atoms. The molecule has 2 heteroatoms. The van der Waals surface area contributed by atoms with Crippen molar-refractivity contribution < 1.29 is 0 Å². The van der Waals surface area contributed by atoms with Crippen LogP contribution in [0.2, 0.25) is 0 Å². The molecule has 4 atom stereocenters. The van der Waals surface area contributed by atoms with Gasteiger partial charge in [0.25, 0.3) is 0 Å². The number of nitrogens with one attached hydrogen (secondary N) is 2. The summed E-state index contributed by atoms with van der Waals surface area (Å²) in [4.78, 5) is 0. The lowest BCUT2D eigenvalue weighted by Crippen LogP contribution is -2.49. The number of rotatable bonds is 8. The molecular formula is C18H36N2. The zero-order valence-corrected chi connectivity index (χ0v) is 13.8. The molecule has 0 aromatic heterocycles. The molecule has 1 aliphatic heterocycles. The SMILES string of the molecule is CCCCCCC(C)NC1CCCCC1C1CCCN1. The molecule has 2 rings (SSSR count). The summed E-state index contributed by atoms with van der Waals surface area (Å²) >= 11 is 0. The molecule has 20 heavy (non-hydrogen) atoms. The van der Waals surface area contributed by atoms with Crippen LogP contribution < -0.4 is 10.6 Å². The summed E-state index contributed by atoms with van der Waals surface area (Å²) in [5.41, 5.74) is 0. The van der Waals surface area contributed by atoms with Gasteiger partial charge in [-0.15, -0.1) is 0 Å². The minimum Gasteiger partial charge on any atom is -0.314 e. The van der Waals surface area contributed by atoms with Crippen LogP contribution in [0.1, 0.15) is 84.5 Å². The Morgan fingerprint density at radius 2 is 1.90 bits per heavy atom. The molecule has 1 saturated heterocycles. The average molecular weight is 280 g/mol. The molecule has 1 saturated carbocycles. The predicted molar refractivity (Wildman–Crippen MR) is 88.1 cm³/mol. The van der Waals surface area contributed by atoms with Crippen LogP contribution in [0.5, 0.6) is 0 Å². The van der Waals surface area contributed by atoms with E-state index in [-0.39, 0.29) is 0 Å². The van der Waals surface area contributed by atoms with E-state index in [4.69, 9.17) is 0 Å². The third kappa shape index (κ3) is 5.04. The van der Waals surface area contributed by atoms with Gasteiger partial charge in [0.05, 0.1) is 0 Å². The molecule has 0 radical (unpaired) electrons. The molecule has 1 heterocycles. The second kappa shape index (κ2) is 9.04. The fourth-order valence-electron chi connectivity index (χ4n) is 4.25. The highest BCUT2D eigenvalue weighted by Gasteiger charge is 2.33. The Labute approximate surface area is 126 Å². The lowest BCUT2D eigenvalue weighted by Gasteiger charge is -2.38. The Hall–Kier alpha value is -0.0800. The minimum absolute atomic E-state index is 0.707. The fraction of sp³-hybridized carbons (Fsp3) is 1.00. The van der Waals surface area contributed by atoms with E-state index >= 15 is 0 Å². The normalized spacial score (nSPS) is 32.4. The van der Waals surface area contributed by atoms with Crippen molar-refractivity contribution in [2.75, 3.05) is 6.54 Å². The van der Waals surface area contributed by atoms with Crippen LogP contribution >= 0.6 is 0 Å². The van der Waals surface area contributed by atoms with Crippen LogP contribution in [0.4, 0.5) is 0 Å². The van der Waals surface area contributed by atoms with Gasteiger partial charge in [-0.1, -0.05) is 45.4 Å². The Morgan fingerprint density at radius 1 is 1.05 bits per heavy atom. The van der Waals surface area contributed by atoms with Crippen LogP contribution in [-0.4, -0.2) is 24.7 Å². The van der Waals surface area contributed by atoms with E-state index in [2.05, 4.69) is 24.5 Å². The zero-order chi connectivity index (χ0) is 14.2. The molecule has 2 aliphatic rings. The fourth-order valence-corrected chi connectivity index (χ4v) is 4.25. The summed E-state index contributed by atoms with van der Waals surface area (Å²) in [6.45, 7) is 5.95. The zero-order valence-electron chi connectivity index (χ0n) is 13.8. The third-order valence-corrected chi connectivity index (χ3v) is 5.42. The second-order valence-electron chi connectivity index (χ2n) is 7.17. The van der Waals surface area contributed by atoms with Gasteiger partial charge in [0.1, 0.15) is 0 Å². The van der Waals surface area contributed by atoms with Gasteiger partial charge in [-0.2, -0.15) is 0 Å². The van der Waals surface area contributed by atoms with Crippen molar-refractivity contribution in [1.29, 1.82) is 0 Å². The highest BCUT2D eigenvalue weighted by Crippen LogP contribution is 2.31. The highest BCUT2D eigenvalue weighted by molar-refractivity contribution is 4.92. The van der Waals surface area contributed by atoms with E-state index in [1.54, 1.807) is 0 Å².